The minimum atomic E-state index is -0.658. The highest BCUT2D eigenvalue weighted by Gasteiger charge is 2.18. The Morgan fingerprint density at radius 3 is 2.38 bits per heavy atom. The summed E-state index contributed by atoms with van der Waals surface area (Å²) in [6.07, 6.45) is 0. The molecule has 0 saturated heterocycles. The van der Waals surface area contributed by atoms with Gasteiger partial charge in [-0.15, -0.1) is 0 Å². The molecule has 0 aliphatic carbocycles. The Hall–Kier alpha value is -3.35. The number of carbonyl (C=O) groups excluding carboxylic acids is 1. The molecule has 0 spiro atoms. The Morgan fingerprint density at radius 2 is 1.66 bits per heavy atom. The molecule has 0 aliphatic rings. The molecule has 1 heterocycles. The van der Waals surface area contributed by atoms with Gasteiger partial charge in [-0.1, -0.05) is 59.6 Å². The van der Waals surface area contributed by atoms with Crippen LogP contribution < -0.4 is 16.6 Å². The summed E-state index contributed by atoms with van der Waals surface area (Å²) in [6.45, 7) is 1.57. The third-order valence-corrected chi connectivity index (χ3v) is 5.62. The van der Waals surface area contributed by atoms with Gasteiger partial charge in [-0.05, 0) is 48.9 Å². The molecular weight excluding hydrogens is 449 g/mol. The topological polar surface area (TPSA) is 73.1 Å². The van der Waals surface area contributed by atoms with Crippen LogP contribution in [0.5, 0.6) is 0 Å². The van der Waals surface area contributed by atoms with Gasteiger partial charge in [-0.3, -0.25) is 14.2 Å². The lowest BCUT2D eigenvalue weighted by molar-refractivity contribution is -0.122. The minimum Gasteiger partial charge on any atom is -0.348 e. The lowest BCUT2D eigenvalue weighted by atomic mass is 10.1. The molecule has 1 aromatic heterocycles. The predicted molar refractivity (Wildman–Crippen MR) is 127 cm³/mol. The zero-order valence-electron chi connectivity index (χ0n) is 17.1. The summed E-state index contributed by atoms with van der Waals surface area (Å²) < 4.78 is 2.26. The van der Waals surface area contributed by atoms with Crippen LogP contribution in [0.4, 0.5) is 0 Å². The number of nitrogens with zero attached hydrogens (tertiary/aromatic N) is 2. The van der Waals surface area contributed by atoms with Gasteiger partial charge in [0.25, 0.3) is 5.56 Å². The van der Waals surface area contributed by atoms with Crippen LogP contribution in [0, 0.1) is 0 Å². The number of aromatic nitrogens is 2. The van der Waals surface area contributed by atoms with Gasteiger partial charge in [0.05, 0.1) is 22.6 Å². The molecule has 3 aromatic carbocycles. The van der Waals surface area contributed by atoms with Crippen LogP contribution in [-0.4, -0.2) is 15.0 Å². The lowest BCUT2D eigenvalue weighted by Crippen LogP contribution is -2.42. The monoisotopic (exact) mass is 467 g/mol. The molecule has 162 valence electrons. The number of carbonyl (C=O) groups is 1. The highest BCUT2D eigenvalue weighted by molar-refractivity contribution is 6.31. The summed E-state index contributed by atoms with van der Waals surface area (Å²) in [5.74, 6) is -0.374. The van der Waals surface area contributed by atoms with Gasteiger partial charge < -0.3 is 5.32 Å². The van der Waals surface area contributed by atoms with Crippen molar-refractivity contribution in [2.45, 2.75) is 19.5 Å². The summed E-state index contributed by atoms with van der Waals surface area (Å²) in [5, 5.41) is 3.89. The second-order valence-electron chi connectivity index (χ2n) is 7.35. The van der Waals surface area contributed by atoms with E-state index in [4.69, 9.17) is 23.2 Å². The number of halogens is 2. The van der Waals surface area contributed by atoms with Crippen molar-refractivity contribution in [2.24, 2.45) is 0 Å². The molecule has 0 aliphatic heterocycles. The van der Waals surface area contributed by atoms with Crippen LogP contribution in [-0.2, 0) is 11.3 Å². The molecule has 4 aromatic rings. The van der Waals surface area contributed by atoms with Crippen molar-refractivity contribution in [3.63, 3.8) is 0 Å². The van der Waals surface area contributed by atoms with E-state index in [1.165, 1.54) is 16.7 Å². The highest BCUT2D eigenvalue weighted by atomic mass is 35.5. The molecule has 0 fully saturated rings. The van der Waals surface area contributed by atoms with Gasteiger partial charge in [-0.2, -0.15) is 0 Å². The summed E-state index contributed by atoms with van der Waals surface area (Å²) in [5.41, 5.74) is 0.363. The molecular formula is C24H19Cl2N3O3. The number of fused-ring (bicyclic) bond motifs is 1. The standard InChI is InChI=1S/C24H19Cl2N3O3/c1-15(16-6-3-2-4-7-16)27-22(30)14-28-21-13-18(26)10-11-20(21)23(31)29(24(28)32)19-9-5-8-17(25)12-19/h2-13,15H,14H2,1H3,(H,27,30)/t15-/m0/s1. The first-order valence-corrected chi connectivity index (χ1v) is 10.7. The van der Waals surface area contributed by atoms with Crippen molar-refractivity contribution < 1.29 is 4.79 Å². The van der Waals surface area contributed by atoms with Crippen LogP contribution in [0.15, 0.2) is 82.4 Å². The number of rotatable bonds is 5. The zero-order chi connectivity index (χ0) is 22.8. The first-order chi connectivity index (χ1) is 15.3. The van der Waals surface area contributed by atoms with Crippen molar-refractivity contribution in [3.8, 4) is 5.69 Å². The number of hydrogen-bond donors (Lipinski definition) is 1. The summed E-state index contributed by atoms with van der Waals surface area (Å²) >= 11 is 12.2. The van der Waals surface area contributed by atoms with E-state index in [0.717, 1.165) is 10.1 Å². The molecule has 6 nitrogen and oxygen atoms in total. The van der Waals surface area contributed by atoms with E-state index in [9.17, 15) is 14.4 Å². The first kappa shape index (κ1) is 21.9. The van der Waals surface area contributed by atoms with E-state index in [1.807, 2.05) is 37.3 Å². The Balaban J connectivity index is 1.81. The highest BCUT2D eigenvalue weighted by Crippen LogP contribution is 2.18. The number of nitrogens with one attached hydrogen (secondary N) is 1. The third-order valence-electron chi connectivity index (χ3n) is 5.15. The second-order valence-corrected chi connectivity index (χ2v) is 8.22. The van der Waals surface area contributed by atoms with Crippen molar-refractivity contribution in [1.29, 1.82) is 0 Å². The van der Waals surface area contributed by atoms with E-state index >= 15 is 0 Å². The fourth-order valence-corrected chi connectivity index (χ4v) is 3.94. The lowest BCUT2D eigenvalue weighted by Gasteiger charge is -2.17. The van der Waals surface area contributed by atoms with E-state index in [2.05, 4.69) is 5.32 Å². The van der Waals surface area contributed by atoms with E-state index in [0.29, 0.717) is 15.7 Å². The van der Waals surface area contributed by atoms with Crippen molar-refractivity contribution in [3.05, 3.63) is 109 Å². The Kier molecular flexibility index (Phi) is 6.17. The number of hydrogen-bond acceptors (Lipinski definition) is 3. The molecule has 0 bridgehead atoms. The summed E-state index contributed by atoms with van der Waals surface area (Å²) in [7, 11) is 0. The minimum absolute atomic E-state index is 0.256. The molecule has 1 N–H and O–H groups in total. The van der Waals surface area contributed by atoms with E-state index < -0.39 is 11.2 Å². The molecule has 4 rings (SSSR count). The fourth-order valence-electron chi connectivity index (χ4n) is 3.59. The second kappa shape index (κ2) is 9.02. The quantitative estimate of drug-likeness (QED) is 0.474. The van der Waals surface area contributed by atoms with Gasteiger partial charge >= 0.3 is 5.69 Å². The van der Waals surface area contributed by atoms with Crippen LogP contribution in [0.1, 0.15) is 18.5 Å². The Labute approximate surface area is 193 Å². The molecule has 1 atom stereocenters. The smallest absolute Gasteiger partial charge is 0.336 e. The third kappa shape index (κ3) is 4.33. The Bertz CT molecular complexity index is 1430. The molecule has 1 amide bonds. The normalized spacial score (nSPS) is 12.0. The average molecular weight is 468 g/mol. The summed E-state index contributed by atoms with van der Waals surface area (Å²) in [4.78, 5) is 39.4. The molecule has 0 saturated carbocycles. The van der Waals surface area contributed by atoms with Crippen LogP contribution in [0.2, 0.25) is 10.0 Å². The van der Waals surface area contributed by atoms with Crippen molar-refractivity contribution >= 4 is 40.0 Å². The van der Waals surface area contributed by atoms with Crippen molar-refractivity contribution in [1.82, 2.24) is 14.5 Å². The van der Waals surface area contributed by atoms with Gasteiger partial charge in [0.15, 0.2) is 0 Å². The SMILES string of the molecule is C[C@H](NC(=O)Cn1c(=O)n(-c2cccc(Cl)c2)c(=O)c2ccc(Cl)cc21)c1ccccc1. The van der Waals surface area contributed by atoms with Crippen molar-refractivity contribution in [2.75, 3.05) is 0 Å². The molecule has 0 unspecified atom stereocenters. The molecule has 32 heavy (non-hydrogen) atoms. The maximum absolute atomic E-state index is 13.4. The summed E-state index contributed by atoms with van der Waals surface area (Å²) in [6, 6.07) is 20.3. The number of benzene rings is 3. The maximum atomic E-state index is 13.4. The van der Waals surface area contributed by atoms with Gasteiger partial charge in [0.2, 0.25) is 5.91 Å². The maximum Gasteiger partial charge on any atom is 0.336 e. The molecule has 0 radical (unpaired) electrons. The zero-order valence-corrected chi connectivity index (χ0v) is 18.6. The van der Waals surface area contributed by atoms with Gasteiger partial charge in [0.1, 0.15) is 6.54 Å². The van der Waals surface area contributed by atoms with Crippen LogP contribution in [0.25, 0.3) is 16.6 Å². The van der Waals surface area contributed by atoms with Gasteiger partial charge in [0, 0.05) is 10.0 Å². The van der Waals surface area contributed by atoms with Crippen LogP contribution in [0.3, 0.4) is 0 Å². The van der Waals surface area contributed by atoms with Crippen LogP contribution >= 0.6 is 23.2 Å². The predicted octanol–water partition coefficient (Wildman–Crippen LogP) is 4.34. The fraction of sp³-hybridized carbons (Fsp3) is 0.125. The average Bonchev–Trinajstić information content (AvgIpc) is 2.77. The first-order valence-electron chi connectivity index (χ1n) is 9.90. The Morgan fingerprint density at radius 1 is 0.938 bits per heavy atom. The largest absolute Gasteiger partial charge is 0.348 e. The van der Waals surface area contributed by atoms with Gasteiger partial charge in [-0.25, -0.2) is 9.36 Å². The van der Waals surface area contributed by atoms with E-state index in [1.54, 1.807) is 30.3 Å². The number of amides is 1. The molecule has 8 heteroatoms. The van der Waals surface area contributed by atoms with E-state index in [-0.39, 0.29) is 29.4 Å².